The second kappa shape index (κ2) is 6.38. The molecule has 2 aromatic rings. The van der Waals surface area contributed by atoms with Gasteiger partial charge in [-0.2, -0.15) is 0 Å². The van der Waals surface area contributed by atoms with Crippen molar-refractivity contribution in [3.63, 3.8) is 0 Å². The average molecular weight is 296 g/mol. The highest BCUT2D eigenvalue weighted by molar-refractivity contribution is 6.30. The molecule has 0 aliphatic rings. The fourth-order valence-electron chi connectivity index (χ4n) is 1.71. The van der Waals surface area contributed by atoms with Crippen LogP contribution in [0.5, 0.6) is 0 Å². The Bertz CT molecular complexity index is 583. The molecule has 0 aliphatic carbocycles. The van der Waals surface area contributed by atoms with Crippen molar-refractivity contribution in [2.24, 2.45) is 0 Å². The Morgan fingerprint density at radius 2 is 1.95 bits per heavy atom. The van der Waals surface area contributed by atoms with Crippen LogP contribution in [0.1, 0.15) is 18.7 Å². The van der Waals surface area contributed by atoms with E-state index in [2.05, 4.69) is 10.2 Å². The van der Waals surface area contributed by atoms with Crippen LogP contribution in [-0.4, -0.2) is 27.8 Å². The van der Waals surface area contributed by atoms with Gasteiger partial charge in [0.25, 0.3) is 0 Å². The number of aromatic nitrogens is 2. The van der Waals surface area contributed by atoms with Gasteiger partial charge in [0.2, 0.25) is 11.8 Å². The lowest BCUT2D eigenvalue weighted by molar-refractivity contribution is -0.135. The normalized spacial score (nSPS) is 10.5. The van der Waals surface area contributed by atoms with Crippen LogP contribution in [0, 0.1) is 0 Å². The van der Waals surface area contributed by atoms with Crippen molar-refractivity contribution in [1.29, 1.82) is 0 Å². The molecule has 1 aromatic carbocycles. The maximum atomic E-state index is 11.0. The summed E-state index contributed by atoms with van der Waals surface area (Å²) < 4.78 is 5.41. The molecule has 1 N–H and O–H groups in total. The zero-order chi connectivity index (χ0) is 14.5. The maximum Gasteiger partial charge on any atom is 0.323 e. The first-order chi connectivity index (χ1) is 9.58. The van der Waals surface area contributed by atoms with Crippen LogP contribution in [0.25, 0.3) is 0 Å². The number of halogens is 1. The predicted octanol–water partition coefficient (Wildman–Crippen LogP) is 2.38. The van der Waals surface area contributed by atoms with Crippen molar-refractivity contribution < 1.29 is 14.3 Å². The molecular formula is C13H14ClN3O3. The number of aliphatic carboxylic acids is 1. The molecule has 0 spiro atoms. The van der Waals surface area contributed by atoms with Crippen molar-refractivity contribution in [3.05, 3.63) is 41.1 Å². The summed E-state index contributed by atoms with van der Waals surface area (Å²) in [6.45, 7) is 1.98. The van der Waals surface area contributed by atoms with Crippen LogP contribution in [0.2, 0.25) is 5.02 Å². The summed E-state index contributed by atoms with van der Waals surface area (Å²) in [6, 6.07) is 6.92. The highest BCUT2D eigenvalue weighted by atomic mass is 35.5. The van der Waals surface area contributed by atoms with E-state index in [-0.39, 0.29) is 13.1 Å². The molecule has 0 fully saturated rings. The minimum atomic E-state index is -0.935. The molecule has 0 atom stereocenters. The summed E-state index contributed by atoms with van der Waals surface area (Å²) in [5.74, 6) is -0.0142. The van der Waals surface area contributed by atoms with Gasteiger partial charge in [-0.25, -0.2) is 0 Å². The summed E-state index contributed by atoms with van der Waals surface area (Å²) in [5.41, 5.74) is 0.730. The molecule has 1 aromatic heterocycles. The summed E-state index contributed by atoms with van der Waals surface area (Å²) >= 11 is 5.83. The summed E-state index contributed by atoms with van der Waals surface area (Å²) in [5, 5.41) is 17.4. The number of hydrogen-bond donors (Lipinski definition) is 1. The van der Waals surface area contributed by atoms with E-state index in [4.69, 9.17) is 21.1 Å². The smallest absolute Gasteiger partial charge is 0.323 e. The molecular weight excluding hydrogens is 282 g/mol. The SMILES string of the molecule is CCc1nnc(CN(CC(=O)O)c2ccc(Cl)cc2)o1. The number of carboxylic acids is 1. The van der Waals surface area contributed by atoms with Gasteiger partial charge in [0, 0.05) is 17.1 Å². The van der Waals surface area contributed by atoms with Crippen LogP contribution in [0.3, 0.4) is 0 Å². The Balaban J connectivity index is 2.18. The fraction of sp³-hybridized carbons (Fsp3) is 0.308. The van der Waals surface area contributed by atoms with Gasteiger partial charge >= 0.3 is 5.97 Å². The third kappa shape index (κ3) is 3.71. The van der Waals surface area contributed by atoms with Gasteiger partial charge in [-0.3, -0.25) is 4.79 Å². The first-order valence-corrected chi connectivity index (χ1v) is 6.50. The third-order valence-corrected chi connectivity index (χ3v) is 2.91. The molecule has 0 saturated heterocycles. The molecule has 1 heterocycles. The van der Waals surface area contributed by atoms with Gasteiger partial charge in [-0.1, -0.05) is 18.5 Å². The van der Waals surface area contributed by atoms with Crippen LogP contribution in [0.4, 0.5) is 5.69 Å². The van der Waals surface area contributed by atoms with Crippen molar-refractivity contribution in [3.8, 4) is 0 Å². The summed E-state index contributed by atoms with van der Waals surface area (Å²) in [4.78, 5) is 12.6. The van der Waals surface area contributed by atoms with Gasteiger partial charge in [-0.05, 0) is 24.3 Å². The summed E-state index contributed by atoms with van der Waals surface area (Å²) in [7, 11) is 0. The van der Waals surface area contributed by atoms with Crippen molar-refractivity contribution in [2.75, 3.05) is 11.4 Å². The standard InChI is InChI=1S/C13H14ClN3O3/c1-2-11-15-16-12(20-11)7-17(8-13(18)19)10-5-3-9(14)4-6-10/h3-6H,2,7-8H2,1H3,(H,18,19). The molecule has 0 saturated carbocycles. The summed E-state index contributed by atoms with van der Waals surface area (Å²) in [6.07, 6.45) is 0.646. The number of carboxylic acid groups (broad SMARTS) is 1. The third-order valence-electron chi connectivity index (χ3n) is 2.66. The molecule has 20 heavy (non-hydrogen) atoms. The van der Waals surface area contributed by atoms with Crippen molar-refractivity contribution in [1.82, 2.24) is 10.2 Å². The van der Waals surface area contributed by atoms with Crippen molar-refractivity contribution in [2.45, 2.75) is 19.9 Å². The number of hydrogen-bond acceptors (Lipinski definition) is 5. The van der Waals surface area contributed by atoms with E-state index in [0.717, 1.165) is 5.69 Å². The van der Waals surface area contributed by atoms with Crippen LogP contribution in [-0.2, 0) is 17.8 Å². The van der Waals surface area contributed by atoms with Crippen LogP contribution < -0.4 is 4.90 Å². The number of aryl methyl sites for hydroxylation is 1. The molecule has 0 aliphatic heterocycles. The van der Waals surface area contributed by atoms with E-state index in [1.165, 1.54) is 0 Å². The lowest BCUT2D eigenvalue weighted by Crippen LogP contribution is -2.29. The quantitative estimate of drug-likeness (QED) is 0.881. The topological polar surface area (TPSA) is 79.5 Å². The molecule has 0 unspecified atom stereocenters. The van der Waals surface area contributed by atoms with E-state index >= 15 is 0 Å². The Kier molecular flexibility index (Phi) is 4.57. The largest absolute Gasteiger partial charge is 0.480 e. The van der Waals surface area contributed by atoms with Gasteiger partial charge in [-0.15, -0.1) is 10.2 Å². The zero-order valence-corrected chi connectivity index (χ0v) is 11.7. The Morgan fingerprint density at radius 3 is 2.50 bits per heavy atom. The minimum Gasteiger partial charge on any atom is -0.480 e. The molecule has 2 rings (SSSR count). The Morgan fingerprint density at radius 1 is 1.30 bits per heavy atom. The Hall–Kier alpha value is -2.08. The highest BCUT2D eigenvalue weighted by Gasteiger charge is 2.15. The van der Waals surface area contributed by atoms with E-state index < -0.39 is 5.97 Å². The number of nitrogens with zero attached hydrogens (tertiary/aromatic N) is 3. The number of anilines is 1. The van der Waals surface area contributed by atoms with E-state index in [9.17, 15) is 4.79 Å². The van der Waals surface area contributed by atoms with E-state index in [1.54, 1.807) is 29.2 Å². The van der Waals surface area contributed by atoms with Gasteiger partial charge in [0.15, 0.2) is 0 Å². The number of benzene rings is 1. The predicted molar refractivity (Wildman–Crippen MR) is 73.8 cm³/mol. The first kappa shape index (κ1) is 14.3. The van der Waals surface area contributed by atoms with Crippen molar-refractivity contribution >= 4 is 23.3 Å². The first-order valence-electron chi connectivity index (χ1n) is 6.12. The minimum absolute atomic E-state index is 0.161. The van der Waals surface area contributed by atoms with Gasteiger partial charge in [0.05, 0.1) is 6.54 Å². The molecule has 6 nitrogen and oxygen atoms in total. The maximum absolute atomic E-state index is 11.0. The van der Waals surface area contributed by atoms with E-state index in [0.29, 0.717) is 23.2 Å². The molecule has 0 bridgehead atoms. The van der Waals surface area contributed by atoms with Crippen LogP contribution >= 0.6 is 11.6 Å². The lowest BCUT2D eigenvalue weighted by atomic mass is 10.3. The lowest BCUT2D eigenvalue weighted by Gasteiger charge is -2.20. The average Bonchev–Trinajstić information content (AvgIpc) is 2.86. The number of rotatable bonds is 6. The zero-order valence-electron chi connectivity index (χ0n) is 10.9. The molecule has 7 heteroatoms. The fourth-order valence-corrected chi connectivity index (χ4v) is 1.84. The molecule has 106 valence electrons. The highest BCUT2D eigenvalue weighted by Crippen LogP contribution is 2.19. The second-order valence-electron chi connectivity index (χ2n) is 4.17. The van der Waals surface area contributed by atoms with E-state index in [1.807, 2.05) is 6.92 Å². The number of carbonyl (C=O) groups is 1. The van der Waals surface area contributed by atoms with Crippen LogP contribution in [0.15, 0.2) is 28.7 Å². The second-order valence-corrected chi connectivity index (χ2v) is 4.61. The van der Waals surface area contributed by atoms with Gasteiger partial charge < -0.3 is 14.4 Å². The molecule has 0 amide bonds. The Labute approximate surface area is 121 Å². The monoisotopic (exact) mass is 295 g/mol. The molecule has 0 radical (unpaired) electrons. The van der Waals surface area contributed by atoms with Gasteiger partial charge in [0.1, 0.15) is 6.54 Å².